The Balaban J connectivity index is 1.85. The summed E-state index contributed by atoms with van der Waals surface area (Å²) in [5.74, 6) is 0.746. The maximum absolute atomic E-state index is 11.2. The van der Waals surface area contributed by atoms with E-state index < -0.39 is 0 Å². The van der Waals surface area contributed by atoms with E-state index in [9.17, 15) is 4.79 Å². The van der Waals surface area contributed by atoms with Crippen LogP contribution in [0.5, 0.6) is 0 Å². The number of nitrogens with zero attached hydrogens (tertiary/aromatic N) is 2. The molecule has 0 N–H and O–H groups in total. The van der Waals surface area contributed by atoms with Crippen molar-refractivity contribution >= 4 is 5.91 Å². The van der Waals surface area contributed by atoms with E-state index in [4.69, 9.17) is 4.74 Å². The molecule has 2 aliphatic heterocycles. The summed E-state index contributed by atoms with van der Waals surface area (Å²) < 4.78 is 5.94. The van der Waals surface area contributed by atoms with Gasteiger partial charge in [-0.15, -0.1) is 0 Å². The van der Waals surface area contributed by atoms with Gasteiger partial charge in [0.1, 0.15) is 0 Å². The van der Waals surface area contributed by atoms with Crippen molar-refractivity contribution in [3.05, 3.63) is 0 Å². The van der Waals surface area contributed by atoms with Gasteiger partial charge in [-0.05, 0) is 20.5 Å². The molecule has 0 radical (unpaired) electrons. The highest BCUT2D eigenvalue weighted by Gasteiger charge is 2.42. The molecule has 2 heterocycles. The Hall–Kier alpha value is -0.610. The number of rotatable bonds is 2. The Bertz CT molecular complexity index is 241. The average molecular weight is 212 g/mol. The molecule has 3 atom stereocenters. The first kappa shape index (κ1) is 10.9. The zero-order valence-electron chi connectivity index (χ0n) is 9.77. The molecule has 0 bridgehead atoms. The molecule has 0 aromatic carbocycles. The molecule has 2 fully saturated rings. The third kappa shape index (κ3) is 2.32. The molecule has 2 aliphatic rings. The van der Waals surface area contributed by atoms with Gasteiger partial charge in [0.15, 0.2) is 0 Å². The van der Waals surface area contributed by atoms with Gasteiger partial charge < -0.3 is 14.5 Å². The smallest absolute Gasteiger partial charge is 0.219 e. The van der Waals surface area contributed by atoms with Crippen molar-refractivity contribution in [2.75, 3.05) is 33.7 Å². The van der Waals surface area contributed by atoms with Gasteiger partial charge in [-0.25, -0.2) is 0 Å². The van der Waals surface area contributed by atoms with Crippen molar-refractivity contribution in [3.8, 4) is 0 Å². The lowest BCUT2D eigenvalue weighted by atomic mass is 10.0. The van der Waals surface area contributed by atoms with Crippen LogP contribution in [0, 0.1) is 5.92 Å². The van der Waals surface area contributed by atoms with Crippen molar-refractivity contribution in [1.82, 2.24) is 9.80 Å². The average Bonchev–Trinajstić information content (AvgIpc) is 2.58. The second kappa shape index (κ2) is 4.10. The standard InChI is InChI=1S/C11H20N2O2/c1-8(14)13-5-9-4-10(6-12(2)3)15-11(9)7-13/h9-11H,4-7H2,1-3H3/t9-,10-,11+/m1/s1. The molecule has 0 unspecified atom stereocenters. The largest absolute Gasteiger partial charge is 0.371 e. The lowest BCUT2D eigenvalue weighted by molar-refractivity contribution is -0.128. The molecule has 1 amide bonds. The van der Waals surface area contributed by atoms with Crippen LogP contribution in [0.25, 0.3) is 0 Å². The van der Waals surface area contributed by atoms with Gasteiger partial charge >= 0.3 is 0 Å². The fourth-order valence-corrected chi connectivity index (χ4v) is 2.64. The van der Waals surface area contributed by atoms with Crippen LogP contribution < -0.4 is 0 Å². The van der Waals surface area contributed by atoms with E-state index in [1.807, 2.05) is 4.90 Å². The van der Waals surface area contributed by atoms with Gasteiger partial charge in [-0.3, -0.25) is 4.79 Å². The van der Waals surface area contributed by atoms with Crippen LogP contribution in [0.3, 0.4) is 0 Å². The van der Waals surface area contributed by atoms with Crippen molar-refractivity contribution in [2.45, 2.75) is 25.6 Å². The first-order valence-electron chi connectivity index (χ1n) is 5.62. The fraction of sp³-hybridized carbons (Fsp3) is 0.909. The van der Waals surface area contributed by atoms with E-state index >= 15 is 0 Å². The van der Waals surface area contributed by atoms with Crippen molar-refractivity contribution in [3.63, 3.8) is 0 Å². The molecule has 4 heteroatoms. The Labute approximate surface area is 91.2 Å². The molecular formula is C11H20N2O2. The van der Waals surface area contributed by atoms with Gasteiger partial charge in [-0.1, -0.05) is 0 Å². The zero-order valence-corrected chi connectivity index (χ0v) is 9.77. The molecule has 0 saturated carbocycles. The van der Waals surface area contributed by atoms with Crippen molar-refractivity contribution < 1.29 is 9.53 Å². The van der Waals surface area contributed by atoms with Crippen LogP contribution in [-0.4, -0.2) is 61.6 Å². The number of fused-ring (bicyclic) bond motifs is 1. The highest BCUT2D eigenvalue weighted by atomic mass is 16.5. The monoisotopic (exact) mass is 212 g/mol. The SMILES string of the molecule is CC(=O)N1C[C@H]2C[C@H](CN(C)C)O[C@H]2C1. The van der Waals surface area contributed by atoms with Crippen LogP contribution >= 0.6 is 0 Å². The highest BCUT2D eigenvalue weighted by molar-refractivity contribution is 5.73. The van der Waals surface area contributed by atoms with E-state index in [1.165, 1.54) is 0 Å². The normalized spacial score (nSPS) is 34.9. The van der Waals surface area contributed by atoms with Gasteiger partial charge in [0.25, 0.3) is 0 Å². The lowest BCUT2D eigenvalue weighted by Crippen LogP contribution is -2.32. The minimum atomic E-state index is 0.178. The van der Waals surface area contributed by atoms with Crippen LogP contribution in [0.4, 0.5) is 0 Å². The highest BCUT2D eigenvalue weighted by Crippen LogP contribution is 2.33. The maximum atomic E-state index is 11.2. The molecule has 0 aromatic heterocycles. The minimum absolute atomic E-state index is 0.178. The first-order valence-corrected chi connectivity index (χ1v) is 5.62. The number of ether oxygens (including phenoxy) is 1. The van der Waals surface area contributed by atoms with Gasteiger partial charge in [-0.2, -0.15) is 0 Å². The summed E-state index contributed by atoms with van der Waals surface area (Å²) in [6, 6.07) is 0. The molecule has 2 rings (SSSR count). The van der Waals surface area contributed by atoms with E-state index in [-0.39, 0.29) is 5.91 Å². The maximum Gasteiger partial charge on any atom is 0.219 e. The Morgan fingerprint density at radius 3 is 2.73 bits per heavy atom. The number of likely N-dealkylation sites (N-methyl/N-ethyl adjacent to an activating group) is 1. The number of likely N-dealkylation sites (tertiary alicyclic amines) is 1. The van der Waals surface area contributed by atoms with E-state index in [1.54, 1.807) is 6.92 Å². The molecule has 86 valence electrons. The number of carbonyl (C=O) groups is 1. The lowest BCUT2D eigenvalue weighted by Gasteiger charge is -2.20. The Morgan fingerprint density at radius 1 is 1.47 bits per heavy atom. The second-order valence-electron chi connectivity index (χ2n) is 4.98. The molecule has 0 aliphatic carbocycles. The quantitative estimate of drug-likeness (QED) is 0.655. The fourth-order valence-electron chi connectivity index (χ4n) is 2.64. The first-order chi connectivity index (χ1) is 7.06. The second-order valence-corrected chi connectivity index (χ2v) is 4.98. The van der Waals surface area contributed by atoms with E-state index in [0.717, 1.165) is 26.1 Å². The van der Waals surface area contributed by atoms with Crippen molar-refractivity contribution in [2.24, 2.45) is 5.92 Å². The van der Waals surface area contributed by atoms with Crippen LogP contribution in [0.15, 0.2) is 0 Å². The number of hydrogen-bond donors (Lipinski definition) is 0. The van der Waals surface area contributed by atoms with E-state index in [2.05, 4.69) is 19.0 Å². The predicted octanol–water partition coefficient (Wildman–Crippen LogP) is 0.184. The Morgan fingerprint density at radius 2 is 2.20 bits per heavy atom. The predicted molar refractivity (Wildman–Crippen MR) is 57.6 cm³/mol. The topological polar surface area (TPSA) is 32.8 Å². The summed E-state index contributed by atoms with van der Waals surface area (Å²) in [6.07, 6.45) is 1.76. The summed E-state index contributed by atoms with van der Waals surface area (Å²) in [6.45, 7) is 4.32. The van der Waals surface area contributed by atoms with Crippen LogP contribution in [-0.2, 0) is 9.53 Å². The third-order valence-electron chi connectivity index (χ3n) is 3.33. The summed E-state index contributed by atoms with van der Waals surface area (Å²) in [5.41, 5.74) is 0. The van der Waals surface area contributed by atoms with Gasteiger partial charge in [0.2, 0.25) is 5.91 Å². The molecule has 0 spiro atoms. The summed E-state index contributed by atoms with van der Waals surface area (Å²) >= 11 is 0. The number of amides is 1. The molecule has 2 saturated heterocycles. The van der Waals surface area contributed by atoms with E-state index in [0.29, 0.717) is 18.1 Å². The number of hydrogen-bond acceptors (Lipinski definition) is 3. The minimum Gasteiger partial charge on any atom is -0.371 e. The van der Waals surface area contributed by atoms with Crippen LogP contribution in [0.2, 0.25) is 0 Å². The van der Waals surface area contributed by atoms with Crippen molar-refractivity contribution in [1.29, 1.82) is 0 Å². The number of carbonyl (C=O) groups excluding carboxylic acids is 1. The summed E-state index contributed by atoms with van der Waals surface area (Å²) in [5, 5.41) is 0. The van der Waals surface area contributed by atoms with Gasteiger partial charge in [0.05, 0.1) is 12.2 Å². The van der Waals surface area contributed by atoms with Gasteiger partial charge in [0, 0.05) is 32.5 Å². The third-order valence-corrected chi connectivity index (χ3v) is 3.33. The molecule has 15 heavy (non-hydrogen) atoms. The molecular weight excluding hydrogens is 192 g/mol. The Kier molecular flexibility index (Phi) is 2.98. The van der Waals surface area contributed by atoms with Crippen LogP contribution in [0.1, 0.15) is 13.3 Å². The zero-order chi connectivity index (χ0) is 11.0. The molecule has 4 nitrogen and oxygen atoms in total. The summed E-state index contributed by atoms with van der Waals surface area (Å²) in [7, 11) is 4.14. The molecule has 0 aromatic rings. The summed E-state index contributed by atoms with van der Waals surface area (Å²) in [4.78, 5) is 15.3.